The maximum absolute atomic E-state index is 11.9. The number of benzene rings is 1. The van der Waals surface area contributed by atoms with Crippen LogP contribution in [-0.2, 0) is 0 Å². The largest absolute Gasteiger partial charge is 0.493 e. The molecule has 2 aromatic rings. The van der Waals surface area contributed by atoms with Gasteiger partial charge < -0.3 is 4.74 Å². The number of ether oxygens (including phenoxy) is 1. The number of aryl methyl sites for hydroxylation is 2. The fraction of sp³-hybridized carbons (Fsp3) is 0.250. The van der Waals surface area contributed by atoms with Gasteiger partial charge in [0, 0.05) is 23.9 Å². The highest BCUT2D eigenvalue weighted by Gasteiger charge is 2.06. The summed E-state index contributed by atoms with van der Waals surface area (Å²) in [6.07, 6.45) is 1.98. The lowest BCUT2D eigenvalue weighted by atomic mass is 10.1. The number of ketones is 1. The van der Waals surface area contributed by atoms with E-state index in [2.05, 4.69) is 4.98 Å². The van der Waals surface area contributed by atoms with Crippen LogP contribution in [0.25, 0.3) is 0 Å². The SMILES string of the molecule is Cc1cccc(OCCC(=O)c2ccc(C)nc2)c1. The van der Waals surface area contributed by atoms with E-state index in [1.165, 1.54) is 0 Å². The number of nitrogens with zero attached hydrogens (tertiary/aromatic N) is 1. The summed E-state index contributed by atoms with van der Waals surface area (Å²) in [7, 11) is 0. The van der Waals surface area contributed by atoms with Crippen molar-refractivity contribution in [3.05, 3.63) is 59.4 Å². The summed E-state index contributed by atoms with van der Waals surface area (Å²) in [5.41, 5.74) is 2.69. The second-order valence-electron chi connectivity index (χ2n) is 4.53. The van der Waals surface area contributed by atoms with Crippen LogP contribution < -0.4 is 4.74 Å². The molecule has 0 saturated heterocycles. The molecule has 0 radical (unpaired) electrons. The van der Waals surface area contributed by atoms with Gasteiger partial charge in [0.15, 0.2) is 5.78 Å². The molecule has 0 atom stereocenters. The van der Waals surface area contributed by atoms with Crippen LogP contribution in [0.1, 0.15) is 28.0 Å². The van der Waals surface area contributed by atoms with Crippen LogP contribution in [0.5, 0.6) is 5.75 Å². The van der Waals surface area contributed by atoms with Crippen molar-refractivity contribution < 1.29 is 9.53 Å². The van der Waals surface area contributed by atoms with Crippen molar-refractivity contribution in [3.8, 4) is 5.75 Å². The topological polar surface area (TPSA) is 39.2 Å². The smallest absolute Gasteiger partial charge is 0.167 e. The third-order valence-electron chi connectivity index (χ3n) is 2.82. The minimum Gasteiger partial charge on any atom is -0.493 e. The highest BCUT2D eigenvalue weighted by molar-refractivity contribution is 5.95. The lowest BCUT2D eigenvalue weighted by Gasteiger charge is -2.06. The van der Waals surface area contributed by atoms with E-state index in [0.717, 1.165) is 17.0 Å². The van der Waals surface area contributed by atoms with Crippen LogP contribution in [0, 0.1) is 13.8 Å². The molecule has 3 nitrogen and oxygen atoms in total. The Morgan fingerprint density at radius 3 is 2.74 bits per heavy atom. The third kappa shape index (κ3) is 3.91. The number of pyridine rings is 1. The molecule has 1 aromatic carbocycles. The number of hydrogen-bond donors (Lipinski definition) is 0. The number of Topliss-reactive ketones (excluding diaryl/α,β-unsaturated/α-hetero) is 1. The van der Waals surface area contributed by atoms with Gasteiger partial charge in [-0.3, -0.25) is 9.78 Å². The molecule has 0 aliphatic heterocycles. The molecule has 0 aliphatic rings. The molecule has 3 heteroatoms. The van der Waals surface area contributed by atoms with E-state index in [4.69, 9.17) is 4.74 Å². The molecule has 2 rings (SSSR count). The fourth-order valence-corrected chi connectivity index (χ4v) is 1.74. The predicted molar refractivity (Wildman–Crippen MR) is 74.6 cm³/mol. The van der Waals surface area contributed by atoms with Crippen LogP contribution in [-0.4, -0.2) is 17.4 Å². The lowest BCUT2D eigenvalue weighted by molar-refractivity contribution is 0.0962. The monoisotopic (exact) mass is 255 g/mol. The van der Waals surface area contributed by atoms with E-state index in [9.17, 15) is 4.79 Å². The lowest BCUT2D eigenvalue weighted by Crippen LogP contribution is -2.07. The Labute approximate surface area is 113 Å². The van der Waals surface area contributed by atoms with Gasteiger partial charge in [0.1, 0.15) is 5.75 Å². The molecule has 0 amide bonds. The van der Waals surface area contributed by atoms with Gasteiger partial charge in [0.25, 0.3) is 0 Å². The maximum atomic E-state index is 11.9. The minimum absolute atomic E-state index is 0.0557. The Hall–Kier alpha value is -2.16. The molecule has 19 heavy (non-hydrogen) atoms. The van der Waals surface area contributed by atoms with Gasteiger partial charge in [-0.1, -0.05) is 12.1 Å². The first-order chi connectivity index (χ1) is 9.15. The number of hydrogen-bond acceptors (Lipinski definition) is 3. The summed E-state index contributed by atoms with van der Waals surface area (Å²) in [6.45, 7) is 4.29. The molecule has 0 spiro atoms. The van der Waals surface area contributed by atoms with E-state index >= 15 is 0 Å². The van der Waals surface area contributed by atoms with Gasteiger partial charge in [-0.2, -0.15) is 0 Å². The standard InChI is InChI=1S/C16H17NO2/c1-12-4-3-5-15(10-12)19-9-8-16(18)14-7-6-13(2)17-11-14/h3-7,10-11H,8-9H2,1-2H3. The number of aromatic nitrogens is 1. The van der Waals surface area contributed by atoms with E-state index in [1.54, 1.807) is 12.3 Å². The molecule has 0 fully saturated rings. The molecule has 1 heterocycles. The van der Waals surface area contributed by atoms with Crippen molar-refractivity contribution in [1.82, 2.24) is 4.98 Å². The maximum Gasteiger partial charge on any atom is 0.167 e. The molecular weight excluding hydrogens is 238 g/mol. The van der Waals surface area contributed by atoms with Gasteiger partial charge in [-0.05, 0) is 43.7 Å². The molecule has 98 valence electrons. The zero-order valence-electron chi connectivity index (χ0n) is 11.2. The van der Waals surface area contributed by atoms with Gasteiger partial charge in [0.05, 0.1) is 6.61 Å². The Kier molecular flexibility index (Phi) is 4.29. The van der Waals surface area contributed by atoms with Crippen LogP contribution in [0.15, 0.2) is 42.6 Å². The molecular formula is C16H17NO2. The average Bonchev–Trinajstić information content (AvgIpc) is 2.39. The number of carbonyl (C=O) groups is 1. The van der Waals surface area contributed by atoms with Crippen LogP contribution >= 0.6 is 0 Å². The van der Waals surface area contributed by atoms with E-state index in [1.807, 2.05) is 44.2 Å². The van der Waals surface area contributed by atoms with Gasteiger partial charge in [0.2, 0.25) is 0 Å². The molecule has 0 aliphatic carbocycles. The van der Waals surface area contributed by atoms with Crippen LogP contribution in [0.3, 0.4) is 0 Å². The van der Waals surface area contributed by atoms with Crippen molar-refractivity contribution in [2.75, 3.05) is 6.61 Å². The van der Waals surface area contributed by atoms with Crippen molar-refractivity contribution >= 4 is 5.78 Å². The van der Waals surface area contributed by atoms with E-state index in [0.29, 0.717) is 18.6 Å². The molecule has 0 N–H and O–H groups in total. The highest BCUT2D eigenvalue weighted by Crippen LogP contribution is 2.13. The Bertz CT molecular complexity index is 561. The summed E-state index contributed by atoms with van der Waals surface area (Å²) < 4.78 is 5.56. The second-order valence-corrected chi connectivity index (χ2v) is 4.53. The normalized spacial score (nSPS) is 10.2. The summed E-state index contributed by atoms with van der Waals surface area (Å²) in [4.78, 5) is 16.0. The molecule has 1 aromatic heterocycles. The highest BCUT2D eigenvalue weighted by atomic mass is 16.5. The van der Waals surface area contributed by atoms with E-state index in [-0.39, 0.29) is 5.78 Å². The van der Waals surface area contributed by atoms with Crippen molar-refractivity contribution in [2.24, 2.45) is 0 Å². The van der Waals surface area contributed by atoms with Gasteiger partial charge in [-0.15, -0.1) is 0 Å². The van der Waals surface area contributed by atoms with Gasteiger partial charge >= 0.3 is 0 Å². The Morgan fingerprint density at radius 1 is 1.21 bits per heavy atom. The van der Waals surface area contributed by atoms with Gasteiger partial charge in [-0.25, -0.2) is 0 Å². The van der Waals surface area contributed by atoms with Crippen molar-refractivity contribution in [2.45, 2.75) is 20.3 Å². The molecule has 0 saturated carbocycles. The predicted octanol–water partition coefficient (Wildman–Crippen LogP) is 3.35. The van der Waals surface area contributed by atoms with E-state index < -0.39 is 0 Å². The van der Waals surface area contributed by atoms with Crippen molar-refractivity contribution in [3.63, 3.8) is 0 Å². The van der Waals surface area contributed by atoms with Crippen LogP contribution in [0.2, 0.25) is 0 Å². The molecule has 0 unspecified atom stereocenters. The third-order valence-corrected chi connectivity index (χ3v) is 2.82. The Morgan fingerprint density at radius 2 is 2.05 bits per heavy atom. The first-order valence-electron chi connectivity index (χ1n) is 6.30. The zero-order valence-corrected chi connectivity index (χ0v) is 11.2. The average molecular weight is 255 g/mol. The number of rotatable bonds is 5. The second kappa shape index (κ2) is 6.14. The van der Waals surface area contributed by atoms with Crippen molar-refractivity contribution in [1.29, 1.82) is 0 Å². The molecule has 0 bridgehead atoms. The summed E-state index contributed by atoms with van der Waals surface area (Å²) in [5, 5.41) is 0. The Balaban J connectivity index is 1.86. The summed E-state index contributed by atoms with van der Waals surface area (Å²) in [6, 6.07) is 11.4. The fourth-order valence-electron chi connectivity index (χ4n) is 1.74. The first kappa shape index (κ1) is 13.3. The summed E-state index contributed by atoms with van der Waals surface area (Å²) >= 11 is 0. The first-order valence-corrected chi connectivity index (χ1v) is 6.30. The minimum atomic E-state index is 0.0557. The quantitative estimate of drug-likeness (QED) is 0.769. The van der Waals surface area contributed by atoms with Crippen LogP contribution in [0.4, 0.5) is 0 Å². The number of carbonyl (C=O) groups excluding carboxylic acids is 1. The zero-order chi connectivity index (χ0) is 13.7. The summed E-state index contributed by atoms with van der Waals surface area (Å²) in [5.74, 6) is 0.856.